The number of carbonyl (C=O) groups excluding carboxylic acids is 1. The van der Waals surface area contributed by atoms with Crippen molar-refractivity contribution < 1.29 is 33.3 Å². The van der Waals surface area contributed by atoms with Crippen LogP contribution in [-0.4, -0.2) is 48.4 Å². The van der Waals surface area contributed by atoms with Gasteiger partial charge in [-0.2, -0.15) is 0 Å². The van der Waals surface area contributed by atoms with E-state index in [2.05, 4.69) is 5.32 Å². The third-order valence-electron chi connectivity index (χ3n) is 8.07. The number of ether oxygens (including phenoxy) is 3. The summed E-state index contributed by atoms with van der Waals surface area (Å²) in [5.41, 5.74) is 4.13. The van der Waals surface area contributed by atoms with Gasteiger partial charge in [0.1, 0.15) is 5.75 Å². The van der Waals surface area contributed by atoms with Crippen molar-refractivity contribution in [2.45, 2.75) is 52.0 Å². The van der Waals surface area contributed by atoms with Crippen LogP contribution < -0.4 is 19.5 Å². The van der Waals surface area contributed by atoms with Crippen LogP contribution >= 0.6 is 0 Å². The summed E-state index contributed by atoms with van der Waals surface area (Å²) in [5, 5.41) is 13.6. The van der Waals surface area contributed by atoms with Gasteiger partial charge in [-0.05, 0) is 65.8 Å². The average Bonchev–Trinajstić information content (AvgIpc) is 3.62. The molecule has 222 valence electrons. The van der Waals surface area contributed by atoms with E-state index in [1.165, 1.54) is 6.07 Å². The van der Waals surface area contributed by atoms with Gasteiger partial charge in [0.05, 0.1) is 19.1 Å². The van der Waals surface area contributed by atoms with Crippen LogP contribution in [-0.2, 0) is 22.4 Å². The minimum Gasteiger partial charge on any atom is -0.494 e. The monoisotopic (exact) mass is 576 g/mol. The summed E-state index contributed by atoms with van der Waals surface area (Å²) in [4.78, 5) is 28.3. The standard InChI is InChI=1S/C33H37FN2O6/c1-4-14-40-24-12-10-22(11-13-24)31-29(33(38)39)25(23-15-26(34)32-27(16-23)41-19-42-32)17-36(31)18-28(37)35-30-20(5-2)8-7-9-21(30)6-3/h7-13,15-16,25,29,31H,4-6,14,17-19H2,1-3H3,(H,35,37)(H,38,39)/t25-,29?,31+/m1/s1. The van der Waals surface area contributed by atoms with Crippen molar-refractivity contribution in [2.75, 3.05) is 31.8 Å². The molecule has 42 heavy (non-hydrogen) atoms. The van der Waals surface area contributed by atoms with Crippen LogP contribution in [0.2, 0.25) is 0 Å². The molecule has 2 N–H and O–H groups in total. The quantitative estimate of drug-likeness (QED) is 0.291. The number of hydrogen-bond acceptors (Lipinski definition) is 6. The van der Waals surface area contributed by atoms with E-state index in [4.69, 9.17) is 14.2 Å². The molecule has 1 unspecified atom stereocenters. The molecule has 3 aromatic rings. The topological polar surface area (TPSA) is 97.3 Å². The Balaban J connectivity index is 1.49. The number of benzene rings is 3. The number of nitrogens with zero attached hydrogens (tertiary/aromatic N) is 1. The molecule has 2 aliphatic heterocycles. The maximum absolute atomic E-state index is 14.9. The summed E-state index contributed by atoms with van der Waals surface area (Å²) in [6, 6.07) is 15.7. The number of carboxylic acid groups (broad SMARTS) is 1. The molecule has 2 heterocycles. The minimum absolute atomic E-state index is 0.0281. The second-order valence-electron chi connectivity index (χ2n) is 10.7. The predicted octanol–water partition coefficient (Wildman–Crippen LogP) is 5.95. The second kappa shape index (κ2) is 12.8. The summed E-state index contributed by atoms with van der Waals surface area (Å²) in [7, 11) is 0. The van der Waals surface area contributed by atoms with Crippen molar-refractivity contribution in [1.29, 1.82) is 0 Å². The van der Waals surface area contributed by atoms with Crippen molar-refractivity contribution in [1.82, 2.24) is 4.90 Å². The first-order valence-electron chi connectivity index (χ1n) is 14.5. The van der Waals surface area contributed by atoms with Gasteiger partial charge in [0, 0.05) is 24.2 Å². The van der Waals surface area contributed by atoms with E-state index in [0.717, 1.165) is 41.6 Å². The van der Waals surface area contributed by atoms with Crippen LogP contribution in [0.5, 0.6) is 17.2 Å². The van der Waals surface area contributed by atoms with Gasteiger partial charge in [0.15, 0.2) is 11.6 Å². The first-order chi connectivity index (χ1) is 20.3. The summed E-state index contributed by atoms with van der Waals surface area (Å²) < 4.78 is 31.3. The van der Waals surface area contributed by atoms with Gasteiger partial charge in [-0.15, -0.1) is 0 Å². The van der Waals surface area contributed by atoms with Crippen molar-refractivity contribution >= 4 is 17.6 Å². The Bertz CT molecular complexity index is 1420. The van der Waals surface area contributed by atoms with E-state index in [9.17, 15) is 19.1 Å². The van der Waals surface area contributed by atoms with E-state index < -0.39 is 29.7 Å². The average molecular weight is 577 g/mol. The lowest BCUT2D eigenvalue weighted by Gasteiger charge is -2.27. The molecule has 1 fully saturated rings. The zero-order chi connectivity index (χ0) is 29.8. The molecule has 0 spiro atoms. The number of aryl methyl sites for hydroxylation is 2. The van der Waals surface area contributed by atoms with Gasteiger partial charge >= 0.3 is 5.97 Å². The molecule has 0 saturated carbocycles. The largest absolute Gasteiger partial charge is 0.494 e. The first-order valence-corrected chi connectivity index (χ1v) is 14.5. The normalized spacial score (nSPS) is 19.6. The molecule has 5 rings (SSSR count). The number of nitrogens with one attached hydrogen (secondary N) is 1. The molecule has 3 atom stereocenters. The molecule has 2 aliphatic rings. The molecule has 9 heteroatoms. The fourth-order valence-corrected chi connectivity index (χ4v) is 6.08. The van der Waals surface area contributed by atoms with E-state index >= 15 is 0 Å². The Kier molecular flexibility index (Phi) is 8.97. The lowest BCUT2D eigenvalue weighted by molar-refractivity contribution is -0.143. The van der Waals surface area contributed by atoms with Crippen LogP contribution in [0.4, 0.5) is 10.1 Å². The van der Waals surface area contributed by atoms with E-state index in [1.54, 1.807) is 6.07 Å². The molecule has 0 bridgehead atoms. The number of likely N-dealkylation sites (tertiary alicyclic amines) is 1. The second-order valence-corrected chi connectivity index (χ2v) is 10.7. The fourth-order valence-electron chi connectivity index (χ4n) is 6.08. The Hall–Kier alpha value is -4.11. The fraction of sp³-hybridized carbons (Fsp3) is 0.394. The minimum atomic E-state index is -1.03. The van der Waals surface area contributed by atoms with Gasteiger partial charge < -0.3 is 24.6 Å². The van der Waals surface area contributed by atoms with Gasteiger partial charge in [0.25, 0.3) is 0 Å². The summed E-state index contributed by atoms with van der Waals surface area (Å²) in [6.45, 7) is 6.79. The van der Waals surface area contributed by atoms with Gasteiger partial charge in [-0.25, -0.2) is 4.39 Å². The summed E-state index contributed by atoms with van der Waals surface area (Å²) in [5.74, 6) is -2.45. The smallest absolute Gasteiger partial charge is 0.309 e. The zero-order valence-corrected chi connectivity index (χ0v) is 24.2. The number of hydrogen-bond donors (Lipinski definition) is 2. The number of para-hydroxylation sites is 1. The molecule has 0 aliphatic carbocycles. The number of fused-ring (bicyclic) bond motifs is 1. The Labute approximate surface area is 245 Å². The zero-order valence-electron chi connectivity index (χ0n) is 24.2. The van der Waals surface area contributed by atoms with Crippen LogP contribution in [0.15, 0.2) is 54.6 Å². The van der Waals surface area contributed by atoms with Crippen LogP contribution in [0.1, 0.15) is 61.4 Å². The highest BCUT2D eigenvalue weighted by Gasteiger charge is 2.48. The van der Waals surface area contributed by atoms with Crippen molar-refractivity contribution in [3.05, 3.63) is 82.7 Å². The highest BCUT2D eigenvalue weighted by atomic mass is 19.1. The van der Waals surface area contributed by atoms with Crippen molar-refractivity contribution in [3.8, 4) is 17.2 Å². The number of carbonyl (C=O) groups is 2. The number of rotatable bonds is 11. The third kappa shape index (κ3) is 5.92. The predicted molar refractivity (Wildman–Crippen MR) is 157 cm³/mol. The first kappa shape index (κ1) is 29.4. The van der Waals surface area contributed by atoms with Crippen LogP contribution in [0.25, 0.3) is 0 Å². The van der Waals surface area contributed by atoms with Crippen molar-refractivity contribution in [3.63, 3.8) is 0 Å². The molecule has 8 nitrogen and oxygen atoms in total. The maximum Gasteiger partial charge on any atom is 0.309 e. The molecular formula is C33H37FN2O6. The van der Waals surface area contributed by atoms with Crippen LogP contribution in [0.3, 0.4) is 0 Å². The lowest BCUT2D eigenvalue weighted by atomic mass is 9.82. The highest BCUT2D eigenvalue weighted by molar-refractivity contribution is 5.94. The van der Waals surface area contributed by atoms with Crippen molar-refractivity contribution in [2.24, 2.45) is 5.92 Å². The Morgan fingerprint density at radius 3 is 2.38 bits per heavy atom. The summed E-state index contributed by atoms with van der Waals surface area (Å²) >= 11 is 0. The highest BCUT2D eigenvalue weighted by Crippen LogP contribution is 2.48. The maximum atomic E-state index is 14.9. The Morgan fingerprint density at radius 2 is 1.74 bits per heavy atom. The third-order valence-corrected chi connectivity index (χ3v) is 8.07. The molecule has 1 saturated heterocycles. The number of carboxylic acids is 1. The number of halogens is 1. The molecular weight excluding hydrogens is 539 g/mol. The van der Waals surface area contributed by atoms with Gasteiger partial charge in [-0.1, -0.05) is 51.1 Å². The van der Waals surface area contributed by atoms with E-state index in [1.807, 2.05) is 68.1 Å². The Morgan fingerprint density at radius 1 is 1.02 bits per heavy atom. The lowest BCUT2D eigenvalue weighted by Crippen LogP contribution is -2.35. The number of anilines is 1. The van der Waals surface area contributed by atoms with Crippen LogP contribution in [0, 0.1) is 11.7 Å². The van der Waals surface area contributed by atoms with E-state index in [-0.39, 0.29) is 37.3 Å². The van der Waals surface area contributed by atoms with E-state index in [0.29, 0.717) is 17.9 Å². The SMILES string of the molecule is CCCOc1ccc([C@H]2C(C(=O)O)[C@@H](c3cc(F)c4c(c3)OCO4)CN2CC(=O)Nc2c(CC)cccc2CC)cc1. The molecule has 0 radical (unpaired) electrons. The molecule has 0 aromatic heterocycles. The molecule has 3 aromatic carbocycles. The number of amides is 1. The van der Waals surface area contributed by atoms with Gasteiger partial charge in [-0.3, -0.25) is 14.5 Å². The molecule has 1 amide bonds. The number of aliphatic carboxylic acids is 1. The summed E-state index contributed by atoms with van der Waals surface area (Å²) in [6.07, 6.45) is 2.39. The van der Waals surface area contributed by atoms with Gasteiger partial charge in [0.2, 0.25) is 18.4 Å².